The number of hydrogen-bond donors (Lipinski definition) is 4. The van der Waals surface area contributed by atoms with Gasteiger partial charge in [0.1, 0.15) is 0 Å². The first-order valence-electron chi connectivity index (χ1n) is 3.73. The van der Waals surface area contributed by atoms with E-state index in [9.17, 15) is 0 Å². The molecule has 0 aromatic carbocycles. The SMILES string of the molecule is NCCNCCNCCN.[B]. The van der Waals surface area contributed by atoms with Crippen LogP contribution in [-0.2, 0) is 0 Å². The van der Waals surface area contributed by atoms with E-state index in [1.165, 1.54) is 0 Å². The monoisotopic (exact) mass is 157 g/mol. The summed E-state index contributed by atoms with van der Waals surface area (Å²) in [6.45, 7) is 5.14. The Morgan fingerprint density at radius 1 is 0.727 bits per heavy atom. The summed E-state index contributed by atoms with van der Waals surface area (Å²) in [5, 5.41) is 6.33. The Labute approximate surface area is 70.7 Å². The lowest BCUT2D eigenvalue weighted by molar-refractivity contribution is 0.618. The Bertz CT molecular complexity index is 54.5. The molecule has 0 bridgehead atoms. The highest BCUT2D eigenvalue weighted by molar-refractivity contribution is 5.75. The highest BCUT2D eigenvalue weighted by Gasteiger charge is 1.83. The van der Waals surface area contributed by atoms with Crippen molar-refractivity contribution in [1.82, 2.24) is 10.6 Å². The molecule has 4 nitrogen and oxygen atoms in total. The first kappa shape index (κ1) is 13.5. The van der Waals surface area contributed by atoms with Gasteiger partial charge in [0.2, 0.25) is 0 Å². The third-order valence-corrected chi connectivity index (χ3v) is 1.12. The van der Waals surface area contributed by atoms with Crippen LogP contribution in [0, 0.1) is 0 Å². The fraction of sp³-hybridized carbons (Fsp3) is 1.00. The van der Waals surface area contributed by atoms with Crippen LogP contribution >= 0.6 is 0 Å². The highest BCUT2D eigenvalue weighted by atomic mass is 14.9. The van der Waals surface area contributed by atoms with Gasteiger partial charge in [-0.15, -0.1) is 0 Å². The molecule has 0 atom stereocenters. The van der Waals surface area contributed by atoms with Crippen LogP contribution < -0.4 is 22.1 Å². The van der Waals surface area contributed by atoms with E-state index < -0.39 is 0 Å². The Morgan fingerprint density at radius 2 is 1.09 bits per heavy atom. The highest BCUT2D eigenvalue weighted by Crippen LogP contribution is 1.57. The summed E-state index contributed by atoms with van der Waals surface area (Å²) >= 11 is 0. The van der Waals surface area contributed by atoms with Gasteiger partial charge in [0, 0.05) is 47.7 Å². The van der Waals surface area contributed by atoms with Gasteiger partial charge in [-0.2, -0.15) is 0 Å². The van der Waals surface area contributed by atoms with Crippen molar-refractivity contribution < 1.29 is 0 Å². The summed E-state index contributed by atoms with van der Waals surface area (Å²) in [4.78, 5) is 0. The molecule has 65 valence electrons. The van der Waals surface area contributed by atoms with Crippen molar-refractivity contribution in [2.45, 2.75) is 0 Å². The van der Waals surface area contributed by atoms with Crippen LogP contribution in [0.5, 0.6) is 0 Å². The van der Waals surface area contributed by atoms with Crippen LogP contribution in [0.2, 0.25) is 0 Å². The molecular weight excluding hydrogens is 139 g/mol. The number of hydrogen-bond acceptors (Lipinski definition) is 4. The maximum Gasteiger partial charge on any atom is 0.00772 e. The molecule has 0 aromatic rings. The van der Waals surface area contributed by atoms with Crippen LogP contribution in [0.25, 0.3) is 0 Å². The minimum atomic E-state index is 0. The molecule has 0 aliphatic heterocycles. The van der Waals surface area contributed by atoms with Gasteiger partial charge in [0.25, 0.3) is 0 Å². The van der Waals surface area contributed by atoms with Crippen LogP contribution in [0.3, 0.4) is 0 Å². The molecule has 0 rings (SSSR count). The standard InChI is InChI=1S/C6H18N4.B/c7-1-3-9-5-6-10-4-2-8;/h9-10H,1-8H2;. The van der Waals surface area contributed by atoms with E-state index in [1.807, 2.05) is 0 Å². The van der Waals surface area contributed by atoms with Gasteiger partial charge in [0.15, 0.2) is 0 Å². The molecule has 0 spiro atoms. The van der Waals surface area contributed by atoms with Crippen LogP contribution in [0.1, 0.15) is 0 Å². The Morgan fingerprint density at radius 3 is 1.36 bits per heavy atom. The van der Waals surface area contributed by atoms with E-state index in [0.29, 0.717) is 13.1 Å². The summed E-state index contributed by atoms with van der Waals surface area (Å²) < 4.78 is 0. The summed E-state index contributed by atoms with van der Waals surface area (Å²) in [5.41, 5.74) is 10.5. The van der Waals surface area contributed by atoms with Crippen LogP contribution in [0.4, 0.5) is 0 Å². The minimum Gasteiger partial charge on any atom is -0.329 e. The molecule has 0 aliphatic rings. The zero-order valence-electron chi connectivity index (χ0n) is 6.97. The summed E-state index contributed by atoms with van der Waals surface area (Å²) in [5.74, 6) is 0. The average molecular weight is 157 g/mol. The van der Waals surface area contributed by atoms with E-state index in [-0.39, 0.29) is 8.41 Å². The largest absolute Gasteiger partial charge is 0.329 e. The van der Waals surface area contributed by atoms with Gasteiger partial charge in [-0.1, -0.05) is 0 Å². The fourth-order valence-electron chi connectivity index (χ4n) is 0.631. The van der Waals surface area contributed by atoms with Crippen molar-refractivity contribution in [1.29, 1.82) is 0 Å². The summed E-state index contributed by atoms with van der Waals surface area (Å²) in [7, 11) is 0. The topological polar surface area (TPSA) is 76.1 Å². The molecule has 11 heavy (non-hydrogen) atoms. The number of nitrogens with two attached hydrogens (primary N) is 2. The molecular formula is C6H18BN4. The lowest BCUT2D eigenvalue weighted by Crippen LogP contribution is -2.32. The van der Waals surface area contributed by atoms with E-state index >= 15 is 0 Å². The average Bonchev–Trinajstić information content (AvgIpc) is 1.97. The molecule has 6 N–H and O–H groups in total. The van der Waals surface area contributed by atoms with Crippen molar-refractivity contribution in [2.75, 3.05) is 39.3 Å². The molecule has 0 amide bonds. The molecule has 0 aliphatic carbocycles. The molecule has 0 saturated carbocycles. The van der Waals surface area contributed by atoms with Crippen LogP contribution in [-0.4, -0.2) is 47.7 Å². The lowest BCUT2D eigenvalue weighted by atomic mass is 10.5. The second-order valence-electron chi connectivity index (χ2n) is 2.08. The molecule has 0 fully saturated rings. The molecule has 0 heterocycles. The molecule has 0 unspecified atom stereocenters. The smallest absolute Gasteiger partial charge is 0.00772 e. The lowest BCUT2D eigenvalue weighted by Gasteiger charge is -2.03. The van der Waals surface area contributed by atoms with Gasteiger partial charge in [0.05, 0.1) is 0 Å². The van der Waals surface area contributed by atoms with Gasteiger partial charge < -0.3 is 22.1 Å². The van der Waals surface area contributed by atoms with Gasteiger partial charge in [-0.05, 0) is 0 Å². The third kappa shape index (κ3) is 13.0. The third-order valence-electron chi connectivity index (χ3n) is 1.12. The molecule has 5 heteroatoms. The van der Waals surface area contributed by atoms with Crippen LogP contribution in [0.15, 0.2) is 0 Å². The van der Waals surface area contributed by atoms with Crippen molar-refractivity contribution in [3.63, 3.8) is 0 Å². The molecule has 0 aromatic heterocycles. The summed E-state index contributed by atoms with van der Waals surface area (Å²) in [6, 6.07) is 0. The first-order chi connectivity index (χ1) is 4.91. The predicted molar refractivity (Wildman–Crippen MR) is 49.6 cm³/mol. The molecule has 0 saturated heterocycles. The second kappa shape index (κ2) is 12.6. The molecule has 3 radical (unpaired) electrons. The zero-order valence-corrected chi connectivity index (χ0v) is 6.97. The predicted octanol–water partition coefficient (Wildman–Crippen LogP) is -2.30. The number of rotatable bonds is 7. The maximum atomic E-state index is 5.27. The first-order valence-corrected chi connectivity index (χ1v) is 3.73. The van der Waals surface area contributed by atoms with Crippen molar-refractivity contribution in [3.05, 3.63) is 0 Å². The van der Waals surface area contributed by atoms with E-state index in [1.54, 1.807) is 0 Å². The Hall–Kier alpha value is -0.0951. The van der Waals surface area contributed by atoms with Crippen molar-refractivity contribution in [3.8, 4) is 0 Å². The number of nitrogens with one attached hydrogen (secondary N) is 2. The van der Waals surface area contributed by atoms with Crippen molar-refractivity contribution in [2.24, 2.45) is 11.5 Å². The normalized spacial score (nSPS) is 9.27. The fourth-order valence-corrected chi connectivity index (χ4v) is 0.631. The van der Waals surface area contributed by atoms with Gasteiger partial charge >= 0.3 is 0 Å². The van der Waals surface area contributed by atoms with E-state index in [4.69, 9.17) is 11.5 Å². The van der Waals surface area contributed by atoms with E-state index in [2.05, 4.69) is 10.6 Å². The van der Waals surface area contributed by atoms with Gasteiger partial charge in [-0.25, -0.2) is 0 Å². The summed E-state index contributed by atoms with van der Waals surface area (Å²) in [6.07, 6.45) is 0. The van der Waals surface area contributed by atoms with E-state index in [0.717, 1.165) is 26.2 Å². The second-order valence-corrected chi connectivity index (χ2v) is 2.08. The maximum absolute atomic E-state index is 5.27. The van der Waals surface area contributed by atoms with Crippen molar-refractivity contribution >= 4 is 8.41 Å². The Kier molecular flexibility index (Phi) is 15.4. The van der Waals surface area contributed by atoms with Gasteiger partial charge in [-0.3, -0.25) is 0 Å². The quantitative estimate of drug-likeness (QED) is 0.247. The minimum absolute atomic E-state index is 0. The Balaban J connectivity index is 0. The zero-order chi connectivity index (χ0) is 7.66.